The number of piperazine rings is 1. The van der Waals surface area contributed by atoms with Crippen molar-refractivity contribution in [2.24, 2.45) is 5.92 Å². The number of hydrogen-bond donors (Lipinski definition) is 2. The fraction of sp³-hybridized carbons (Fsp3) is 0.737. The zero-order chi connectivity index (χ0) is 18.7. The SMILES string of the molecule is CCc1n[nH]c2c1CN(C(=O)C[C@@H]1C(=O)NCCN1CCC(C)C)CC2. The molecule has 1 atom stereocenters. The van der Waals surface area contributed by atoms with E-state index in [-0.39, 0.29) is 24.3 Å². The van der Waals surface area contributed by atoms with Crippen molar-refractivity contribution in [1.82, 2.24) is 25.3 Å². The number of rotatable bonds is 6. The number of H-pyrrole nitrogens is 1. The molecule has 1 fully saturated rings. The summed E-state index contributed by atoms with van der Waals surface area (Å²) in [6.07, 6.45) is 2.97. The second kappa shape index (κ2) is 8.20. The van der Waals surface area contributed by atoms with Crippen molar-refractivity contribution in [1.29, 1.82) is 0 Å². The number of amides is 2. The smallest absolute Gasteiger partial charge is 0.237 e. The minimum Gasteiger partial charge on any atom is -0.353 e. The number of aryl methyl sites for hydroxylation is 1. The second-order valence-electron chi connectivity index (χ2n) is 7.78. The molecule has 26 heavy (non-hydrogen) atoms. The summed E-state index contributed by atoms with van der Waals surface area (Å²) in [5.74, 6) is 0.643. The number of nitrogens with one attached hydrogen (secondary N) is 2. The van der Waals surface area contributed by atoms with Gasteiger partial charge in [0, 0.05) is 43.9 Å². The van der Waals surface area contributed by atoms with E-state index < -0.39 is 0 Å². The number of carbonyl (C=O) groups excluding carboxylic acids is 2. The van der Waals surface area contributed by atoms with Gasteiger partial charge in [0.2, 0.25) is 11.8 Å². The van der Waals surface area contributed by atoms with E-state index in [1.807, 2.05) is 4.90 Å². The predicted molar refractivity (Wildman–Crippen MR) is 99.5 cm³/mol. The lowest BCUT2D eigenvalue weighted by Crippen LogP contribution is -2.57. The lowest BCUT2D eigenvalue weighted by atomic mass is 10.0. The number of fused-ring (bicyclic) bond motifs is 1. The van der Waals surface area contributed by atoms with E-state index >= 15 is 0 Å². The Labute approximate surface area is 155 Å². The van der Waals surface area contributed by atoms with Gasteiger partial charge in [-0.3, -0.25) is 19.6 Å². The Morgan fingerprint density at radius 1 is 1.35 bits per heavy atom. The molecule has 144 valence electrons. The first-order valence-electron chi connectivity index (χ1n) is 9.84. The lowest BCUT2D eigenvalue weighted by Gasteiger charge is -2.36. The highest BCUT2D eigenvalue weighted by Crippen LogP contribution is 2.22. The van der Waals surface area contributed by atoms with Gasteiger partial charge in [-0.1, -0.05) is 20.8 Å². The van der Waals surface area contributed by atoms with Crippen LogP contribution in [0.1, 0.15) is 50.6 Å². The van der Waals surface area contributed by atoms with Crippen molar-refractivity contribution in [3.63, 3.8) is 0 Å². The van der Waals surface area contributed by atoms with Gasteiger partial charge in [-0.15, -0.1) is 0 Å². The van der Waals surface area contributed by atoms with Crippen LogP contribution < -0.4 is 5.32 Å². The predicted octanol–water partition coefficient (Wildman–Crippen LogP) is 1.09. The first kappa shape index (κ1) is 18.9. The van der Waals surface area contributed by atoms with Crippen molar-refractivity contribution < 1.29 is 9.59 Å². The van der Waals surface area contributed by atoms with Crippen molar-refractivity contribution in [3.8, 4) is 0 Å². The van der Waals surface area contributed by atoms with Gasteiger partial charge in [0.1, 0.15) is 0 Å². The zero-order valence-electron chi connectivity index (χ0n) is 16.2. The van der Waals surface area contributed by atoms with E-state index in [9.17, 15) is 9.59 Å². The normalized spacial score (nSPS) is 21.0. The highest BCUT2D eigenvalue weighted by molar-refractivity contribution is 5.89. The maximum Gasteiger partial charge on any atom is 0.237 e. The highest BCUT2D eigenvalue weighted by Gasteiger charge is 2.34. The molecule has 7 heteroatoms. The largest absolute Gasteiger partial charge is 0.353 e. The van der Waals surface area contributed by atoms with Crippen molar-refractivity contribution in [3.05, 3.63) is 17.0 Å². The standard InChI is InChI=1S/C19H31N5O2/c1-4-15-14-12-24(9-6-16(14)22-21-15)18(25)11-17-19(26)20-7-10-23(17)8-5-13(2)3/h13,17H,4-12H2,1-3H3,(H,20,26)(H,21,22)/t17-/m1/s1. The maximum absolute atomic E-state index is 12.9. The number of nitrogens with zero attached hydrogens (tertiary/aromatic N) is 3. The van der Waals surface area contributed by atoms with Crippen molar-refractivity contribution >= 4 is 11.8 Å². The van der Waals surface area contributed by atoms with E-state index in [1.165, 1.54) is 0 Å². The van der Waals surface area contributed by atoms with Gasteiger partial charge in [0.15, 0.2) is 0 Å². The van der Waals surface area contributed by atoms with Gasteiger partial charge >= 0.3 is 0 Å². The maximum atomic E-state index is 12.9. The third-order valence-corrected chi connectivity index (χ3v) is 5.51. The van der Waals surface area contributed by atoms with E-state index in [4.69, 9.17) is 0 Å². The number of carbonyl (C=O) groups is 2. The minimum absolute atomic E-state index is 0.0105. The van der Waals surface area contributed by atoms with E-state index in [2.05, 4.69) is 41.2 Å². The Morgan fingerprint density at radius 2 is 2.15 bits per heavy atom. The summed E-state index contributed by atoms with van der Waals surface area (Å²) >= 11 is 0. The summed E-state index contributed by atoms with van der Waals surface area (Å²) in [6.45, 7) is 10.1. The number of aromatic amines is 1. The molecule has 0 aliphatic carbocycles. The van der Waals surface area contributed by atoms with Crippen LogP contribution in [-0.2, 0) is 29.0 Å². The summed E-state index contributed by atoms with van der Waals surface area (Å²) in [4.78, 5) is 29.4. The monoisotopic (exact) mass is 361 g/mol. The molecule has 0 aromatic carbocycles. The lowest BCUT2D eigenvalue weighted by molar-refractivity contribution is -0.139. The molecule has 0 saturated carbocycles. The topological polar surface area (TPSA) is 81.3 Å². The molecule has 3 heterocycles. The summed E-state index contributed by atoms with van der Waals surface area (Å²) < 4.78 is 0. The second-order valence-corrected chi connectivity index (χ2v) is 7.78. The van der Waals surface area contributed by atoms with Gasteiger partial charge < -0.3 is 10.2 Å². The Hall–Kier alpha value is -1.89. The van der Waals surface area contributed by atoms with Gasteiger partial charge in [0.25, 0.3) is 0 Å². The third kappa shape index (κ3) is 4.09. The van der Waals surface area contributed by atoms with Crippen LogP contribution in [0.15, 0.2) is 0 Å². The molecule has 1 aromatic rings. The van der Waals surface area contributed by atoms with Crippen LogP contribution in [0, 0.1) is 5.92 Å². The molecule has 2 aliphatic rings. The molecule has 1 aromatic heterocycles. The first-order valence-corrected chi connectivity index (χ1v) is 9.84. The Morgan fingerprint density at radius 3 is 2.88 bits per heavy atom. The average Bonchev–Trinajstić information content (AvgIpc) is 3.04. The molecule has 0 radical (unpaired) electrons. The summed E-state index contributed by atoms with van der Waals surface area (Å²) in [5, 5.41) is 10.4. The van der Waals surface area contributed by atoms with Gasteiger partial charge in [-0.25, -0.2) is 0 Å². The molecule has 0 bridgehead atoms. The molecule has 2 aliphatic heterocycles. The van der Waals surface area contributed by atoms with Crippen LogP contribution in [0.25, 0.3) is 0 Å². The van der Waals surface area contributed by atoms with Gasteiger partial charge in [-0.05, 0) is 25.3 Å². The van der Waals surface area contributed by atoms with Crippen LogP contribution in [0.2, 0.25) is 0 Å². The molecule has 1 saturated heterocycles. The van der Waals surface area contributed by atoms with Crippen LogP contribution in [0.3, 0.4) is 0 Å². The Kier molecular flexibility index (Phi) is 5.96. The molecular weight excluding hydrogens is 330 g/mol. The average molecular weight is 361 g/mol. The molecule has 0 spiro atoms. The van der Waals surface area contributed by atoms with E-state index in [0.29, 0.717) is 25.6 Å². The number of aromatic nitrogens is 2. The van der Waals surface area contributed by atoms with Gasteiger partial charge in [0.05, 0.1) is 18.2 Å². The molecular formula is C19H31N5O2. The molecule has 3 rings (SSSR count). The first-order chi connectivity index (χ1) is 12.5. The summed E-state index contributed by atoms with van der Waals surface area (Å²) in [6, 6.07) is -0.341. The third-order valence-electron chi connectivity index (χ3n) is 5.51. The van der Waals surface area contributed by atoms with Crippen LogP contribution >= 0.6 is 0 Å². The number of hydrogen-bond acceptors (Lipinski definition) is 4. The fourth-order valence-electron chi connectivity index (χ4n) is 3.83. The minimum atomic E-state index is -0.341. The zero-order valence-corrected chi connectivity index (χ0v) is 16.2. The van der Waals surface area contributed by atoms with Crippen LogP contribution in [-0.4, -0.2) is 64.0 Å². The van der Waals surface area contributed by atoms with Crippen LogP contribution in [0.5, 0.6) is 0 Å². The van der Waals surface area contributed by atoms with Crippen molar-refractivity contribution in [2.45, 2.75) is 59.0 Å². The summed E-state index contributed by atoms with van der Waals surface area (Å²) in [5.41, 5.74) is 3.36. The Bertz CT molecular complexity index is 641. The Balaban J connectivity index is 1.64. The van der Waals surface area contributed by atoms with Crippen molar-refractivity contribution in [2.75, 3.05) is 26.2 Å². The molecule has 2 N–H and O–H groups in total. The van der Waals surface area contributed by atoms with E-state index in [0.717, 1.165) is 49.3 Å². The van der Waals surface area contributed by atoms with E-state index in [1.54, 1.807) is 0 Å². The highest BCUT2D eigenvalue weighted by atomic mass is 16.2. The molecule has 0 unspecified atom stereocenters. The quantitative estimate of drug-likeness (QED) is 0.795. The van der Waals surface area contributed by atoms with Crippen LogP contribution in [0.4, 0.5) is 0 Å². The molecule has 2 amide bonds. The van der Waals surface area contributed by atoms with Gasteiger partial charge in [-0.2, -0.15) is 5.10 Å². The summed E-state index contributed by atoms with van der Waals surface area (Å²) in [7, 11) is 0. The fourth-order valence-corrected chi connectivity index (χ4v) is 3.83. The molecule has 7 nitrogen and oxygen atoms in total.